The molecule has 0 spiro atoms. The maximum Gasteiger partial charge on any atom is 0.416 e. The molecule has 0 bridgehead atoms. The largest absolute Gasteiger partial charge is 0.416 e. The molecular weight excluding hydrogens is 271 g/mol. The minimum Gasteiger partial charge on any atom is -0.368 e. The summed E-state index contributed by atoms with van der Waals surface area (Å²) in [4.78, 5) is 3.95. The number of nitrogens with one attached hydrogen (secondary N) is 1. The van der Waals surface area contributed by atoms with Gasteiger partial charge in [-0.25, -0.2) is 0 Å². The van der Waals surface area contributed by atoms with Crippen LogP contribution in [-0.4, -0.2) is 21.3 Å². The van der Waals surface area contributed by atoms with Crippen molar-refractivity contribution in [2.24, 2.45) is 0 Å². The van der Waals surface area contributed by atoms with Crippen molar-refractivity contribution in [1.82, 2.24) is 14.8 Å². The monoisotopic (exact) mass is 285 g/mol. The van der Waals surface area contributed by atoms with Crippen molar-refractivity contribution in [3.05, 3.63) is 29.8 Å². The quantitative estimate of drug-likeness (QED) is 0.906. The van der Waals surface area contributed by atoms with Gasteiger partial charge in [0.05, 0.1) is 11.3 Å². The molecule has 0 saturated heterocycles. The molecule has 0 saturated carbocycles. The highest BCUT2D eigenvalue weighted by atomic mass is 19.4. The number of nitrogen functional groups attached to an aromatic ring is 1. The number of nitrogens with zero attached hydrogens (tertiary/aromatic N) is 3. The SMILES string of the molecule is CCCNc1nc(N)n(-c2cccc(C(F)(F)F)c2)n1. The van der Waals surface area contributed by atoms with E-state index >= 15 is 0 Å². The van der Waals surface area contributed by atoms with Gasteiger partial charge in [-0.2, -0.15) is 22.8 Å². The van der Waals surface area contributed by atoms with Crippen LogP contribution in [0.15, 0.2) is 24.3 Å². The highest BCUT2D eigenvalue weighted by Crippen LogP contribution is 2.30. The molecule has 20 heavy (non-hydrogen) atoms. The number of nitrogens with two attached hydrogens (primary N) is 1. The average molecular weight is 285 g/mol. The number of anilines is 2. The molecule has 0 unspecified atom stereocenters. The van der Waals surface area contributed by atoms with Gasteiger partial charge in [-0.05, 0) is 24.6 Å². The number of hydrogen-bond acceptors (Lipinski definition) is 4. The van der Waals surface area contributed by atoms with Crippen LogP contribution >= 0.6 is 0 Å². The van der Waals surface area contributed by atoms with Crippen LogP contribution in [0.4, 0.5) is 25.1 Å². The van der Waals surface area contributed by atoms with Gasteiger partial charge in [0.1, 0.15) is 0 Å². The van der Waals surface area contributed by atoms with E-state index < -0.39 is 11.7 Å². The first kappa shape index (κ1) is 14.2. The second-order valence-corrected chi connectivity index (χ2v) is 4.18. The van der Waals surface area contributed by atoms with E-state index in [0.29, 0.717) is 12.5 Å². The Bertz CT molecular complexity index is 591. The van der Waals surface area contributed by atoms with E-state index in [0.717, 1.165) is 18.6 Å². The number of rotatable bonds is 4. The van der Waals surface area contributed by atoms with Crippen LogP contribution in [0.3, 0.4) is 0 Å². The van der Waals surface area contributed by atoms with Crippen LogP contribution in [0, 0.1) is 0 Å². The predicted molar refractivity (Wildman–Crippen MR) is 69.6 cm³/mol. The average Bonchev–Trinajstić information content (AvgIpc) is 2.77. The number of halogens is 3. The molecule has 0 fully saturated rings. The van der Waals surface area contributed by atoms with Gasteiger partial charge in [-0.1, -0.05) is 13.0 Å². The van der Waals surface area contributed by atoms with Gasteiger partial charge >= 0.3 is 6.18 Å². The molecule has 0 atom stereocenters. The van der Waals surface area contributed by atoms with E-state index in [-0.39, 0.29) is 11.6 Å². The van der Waals surface area contributed by atoms with Crippen LogP contribution in [0.25, 0.3) is 5.69 Å². The minimum absolute atomic E-state index is 0.0305. The van der Waals surface area contributed by atoms with Crippen LogP contribution in [0.2, 0.25) is 0 Å². The molecule has 0 aliphatic carbocycles. The van der Waals surface area contributed by atoms with Gasteiger partial charge in [-0.15, -0.1) is 5.10 Å². The summed E-state index contributed by atoms with van der Waals surface area (Å²) >= 11 is 0. The number of aromatic nitrogens is 3. The first-order valence-electron chi connectivity index (χ1n) is 6.06. The van der Waals surface area contributed by atoms with Crippen LogP contribution < -0.4 is 11.1 Å². The van der Waals surface area contributed by atoms with E-state index in [2.05, 4.69) is 15.4 Å². The Balaban J connectivity index is 2.34. The Morgan fingerprint density at radius 1 is 1.35 bits per heavy atom. The molecule has 1 aromatic carbocycles. The zero-order valence-corrected chi connectivity index (χ0v) is 10.8. The summed E-state index contributed by atoms with van der Waals surface area (Å²) in [5.41, 5.74) is 5.13. The Labute approximate surface area is 113 Å². The van der Waals surface area contributed by atoms with Crippen LogP contribution in [-0.2, 0) is 6.18 Å². The van der Waals surface area contributed by atoms with Gasteiger partial charge < -0.3 is 11.1 Å². The molecule has 108 valence electrons. The molecular formula is C12H14F3N5. The summed E-state index contributed by atoms with van der Waals surface area (Å²) in [6.07, 6.45) is -3.54. The number of alkyl halides is 3. The molecule has 1 aromatic heterocycles. The Morgan fingerprint density at radius 3 is 2.75 bits per heavy atom. The maximum atomic E-state index is 12.7. The standard InChI is InChI=1S/C12H14F3N5/c1-2-6-17-11-18-10(16)20(19-11)9-5-3-4-8(7-9)12(13,14)15/h3-5,7H,2,6H2,1H3,(H3,16,17,18,19). The van der Waals surface area contributed by atoms with Crippen LogP contribution in [0.1, 0.15) is 18.9 Å². The summed E-state index contributed by atoms with van der Waals surface area (Å²) in [6, 6.07) is 4.77. The van der Waals surface area contributed by atoms with Gasteiger partial charge in [-0.3, -0.25) is 0 Å². The van der Waals surface area contributed by atoms with E-state index in [9.17, 15) is 13.2 Å². The van der Waals surface area contributed by atoms with E-state index in [4.69, 9.17) is 5.73 Å². The second-order valence-electron chi connectivity index (χ2n) is 4.18. The normalized spacial score (nSPS) is 11.6. The van der Waals surface area contributed by atoms with Crippen molar-refractivity contribution in [3.8, 4) is 5.69 Å². The lowest BCUT2D eigenvalue weighted by atomic mass is 10.2. The third kappa shape index (κ3) is 3.01. The van der Waals surface area contributed by atoms with Crippen molar-refractivity contribution >= 4 is 11.9 Å². The molecule has 8 heteroatoms. The Hall–Kier alpha value is -2.25. The number of hydrogen-bond donors (Lipinski definition) is 2. The van der Waals surface area contributed by atoms with Gasteiger partial charge in [0.2, 0.25) is 11.9 Å². The van der Waals surface area contributed by atoms with Crippen molar-refractivity contribution < 1.29 is 13.2 Å². The topological polar surface area (TPSA) is 68.8 Å². The fraction of sp³-hybridized carbons (Fsp3) is 0.333. The zero-order valence-electron chi connectivity index (χ0n) is 10.8. The third-order valence-electron chi connectivity index (χ3n) is 2.58. The summed E-state index contributed by atoms with van der Waals surface area (Å²) in [5, 5.41) is 6.97. The third-order valence-corrected chi connectivity index (χ3v) is 2.58. The highest BCUT2D eigenvalue weighted by molar-refractivity contribution is 5.44. The van der Waals surface area contributed by atoms with E-state index in [1.165, 1.54) is 16.8 Å². The lowest BCUT2D eigenvalue weighted by molar-refractivity contribution is -0.137. The van der Waals surface area contributed by atoms with Crippen LogP contribution in [0.5, 0.6) is 0 Å². The zero-order chi connectivity index (χ0) is 14.8. The summed E-state index contributed by atoms with van der Waals surface area (Å²) < 4.78 is 39.2. The Kier molecular flexibility index (Phi) is 3.82. The molecule has 5 nitrogen and oxygen atoms in total. The molecule has 0 radical (unpaired) electrons. The molecule has 3 N–H and O–H groups in total. The first-order valence-corrected chi connectivity index (χ1v) is 6.06. The predicted octanol–water partition coefficient (Wildman–Crippen LogP) is 2.69. The van der Waals surface area contributed by atoms with Crippen molar-refractivity contribution in [2.75, 3.05) is 17.6 Å². The lowest BCUT2D eigenvalue weighted by Crippen LogP contribution is -2.08. The van der Waals surface area contributed by atoms with E-state index in [1.54, 1.807) is 0 Å². The summed E-state index contributed by atoms with van der Waals surface area (Å²) in [7, 11) is 0. The molecule has 2 aromatic rings. The van der Waals surface area contributed by atoms with Gasteiger partial charge in [0.25, 0.3) is 0 Å². The smallest absolute Gasteiger partial charge is 0.368 e. The maximum absolute atomic E-state index is 12.7. The van der Waals surface area contributed by atoms with Gasteiger partial charge in [0.15, 0.2) is 0 Å². The lowest BCUT2D eigenvalue weighted by Gasteiger charge is -2.08. The van der Waals surface area contributed by atoms with E-state index in [1.807, 2.05) is 6.92 Å². The van der Waals surface area contributed by atoms with Crippen molar-refractivity contribution in [2.45, 2.75) is 19.5 Å². The number of benzene rings is 1. The summed E-state index contributed by atoms with van der Waals surface area (Å²) in [5.74, 6) is 0.324. The molecule has 0 aliphatic rings. The van der Waals surface area contributed by atoms with Gasteiger partial charge in [0, 0.05) is 6.54 Å². The second kappa shape index (κ2) is 5.40. The fourth-order valence-corrected chi connectivity index (χ4v) is 1.64. The molecule has 1 heterocycles. The molecule has 2 rings (SSSR count). The first-order chi connectivity index (χ1) is 9.41. The minimum atomic E-state index is -4.41. The molecule has 0 aliphatic heterocycles. The fourth-order valence-electron chi connectivity index (χ4n) is 1.64. The van der Waals surface area contributed by atoms with Crippen molar-refractivity contribution in [3.63, 3.8) is 0 Å². The molecule has 0 amide bonds. The van der Waals surface area contributed by atoms with Crippen molar-refractivity contribution in [1.29, 1.82) is 0 Å². The summed E-state index contributed by atoms with van der Waals surface area (Å²) in [6.45, 7) is 2.63. The Morgan fingerprint density at radius 2 is 2.10 bits per heavy atom. The highest BCUT2D eigenvalue weighted by Gasteiger charge is 2.30.